The highest BCUT2D eigenvalue weighted by Crippen LogP contribution is 2.26. The summed E-state index contributed by atoms with van der Waals surface area (Å²) in [4.78, 5) is 0. The molecule has 0 unspecified atom stereocenters. The van der Waals surface area contributed by atoms with E-state index in [1.807, 2.05) is 42.5 Å². The standard InChI is InChI=1S/C18H20O4/c19-8-9-21-17-6-4-15(5-7-17)16-2-1-3-18(10-16)22-13-14-11-20-12-14/h1-7,10,14,19H,8-9,11-13H2. The molecule has 1 heterocycles. The van der Waals surface area contributed by atoms with Gasteiger partial charge in [-0.05, 0) is 35.4 Å². The lowest BCUT2D eigenvalue weighted by Crippen LogP contribution is -2.32. The van der Waals surface area contributed by atoms with Crippen LogP contribution in [-0.2, 0) is 4.74 Å². The largest absolute Gasteiger partial charge is 0.493 e. The summed E-state index contributed by atoms with van der Waals surface area (Å²) in [5.74, 6) is 2.16. The second-order valence-corrected chi connectivity index (χ2v) is 5.34. The molecule has 4 nitrogen and oxygen atoms in total. The van der Waals surface area contributed by atoms with Gasteiger partial charge in [0, 0.05) is 5.92 Å². The van der Waals surface area contributed by atoms with Gasteiger partial charge in [0.2, 0.25) is 0 Å². The number of aliphatic hydroxyl groups excluding tert-OH is 1. The van der Waals surface area contributed by atoms with Crippen LogP contribution >= 0.6 is 0 Å². The summed E-state index contributed by atoms with van der Waals surface area (Å²) >= 11 is 0. The van der Waals surface area contributed by atoms with Crippen LogP contribution in [0.4, 0.5) is 0 Å². The molecular weight excluding hydrogens is 280 g/mol. The fourth-order valence-electron chi connectivity index (χ4n) is 2.27. The number of benzene rings is 2. The summed E-state index contributed by atoms with van der Waals surface area (Å²) in [5.41, 5.74) is 2.21. The molecule has 2 aromatic carbocycles. The van der Waals surface area contributed by atoms with Crippen LogP contribution in [0.15, 0.2) is 48.5 Å². The molecule has 0 aliphatic carbocycles. The maximum Gasteiger partial charge on any atom is 0.119 e. The molecule has 0 amide bonds. The van der Waals surface area contributed by atoms with Crippen LogP contribution in [0.25, 0.3) is 11.1 Å². The van der Waals surface area contributed by atoms with Crippen LogP contribution in [0, 0.1) is 5.92 Å². The highest BCUT2D eigenvalue weighted by molar-refractivity contribution is 5.65. The predicted molar refractivity (Wildman–Crippen MR) is 84.3 cm³/mol. The van der Waals surface area contributed by atoms with Crippen molar-refractivity contribution in [3.05, 3.63) is 48.5 Å². The Kier molecular flexibility index (Phi) is 4.93. The van der Waals surface area contributed by atoms with E-state index in [4.69, 9.17) is 19.3 Å². The van der Waals surface area contributed by atoms with E-state index in [2.05, 4.69) is 6.07 Å². The predicted octanol–water partition coefficient (Wildman–Crippen LogP) is 2.75. The molecule has 1 aliphatic heterocycles. The monoisotopic (exact) mass is 300 g/mol. The van der Waals surface area contributed by atoms with Gasteiger partial charge >= 0.3 is 0 Å². The van der Waals surface area contributed by atoms with Crippen LogP contribution in [0.5, 0.6) is 11.5 Å². The molecule has 116 valence electrons. The Morgan fingerprint density at radius 1 is 0.955 bits per heavy atom. The fraction of sp³-hybridized carbons (Fsp3) is 0.333. The molecule has 0 radical (unpaired) electrons. The molecule has 1 saturated heterocycles. The van der Waals surface area contributed by atoms with E-state index in [0.717, 1.165) is 35.8 Å². The Labute approximate surface area is 130 Å². The van der Waals surface area contributed by atoms with Crippen LogP contribution in [0.1, 0.15) is 0 Å². The van der Waals surface area contributed by atoms with E-state index < -0.39 is 0 Å². The lowest BCUT2D eigenvalue weighted by molar-refractivity contribution is -0.0508. The molecule has 1 N–H and O–H groups in total. The van der Waals surface area contributed by atoms with E-state index in [-0.39, 0.29) is 6.61 Å². The number of hydrogen-bond acceptors (Lipinski definition) is 4. The molecular formula is C18H20O4. The van der Waals surface area contributed by atoms with E-state index in [9.17, 15) is 0 Å². The van der Waals surface area contributed by atoms with Gasteiger partial charge < -0.3 is 19.3 Å². The van der Waals surface area contributed by atoms with Crippen LogP contribution in [0.3, 0.4) is 0 Å². The number of aliphatic hydroxyl groups is 1. The molecule has 0 saturated carbocycles. The molecule has 3 rings (SSSR count). The zero-order chi connectivity index (χ0) is 15.2. The van der Waals surface area contributed by atoms with Gasteiger partial charge in [-0.1, -0.05) is 24.3 Å². The van der Waals surface area contributed by atoms with Gasteiger partial charge in [-0.3, -0.25) is 0 Å². The lowest BCUT2D eigenvalue weighted by Gasteiger charge is -2.25. The van der Waals surface area contributed by atoms with E-state index in [0.29, 0.717) is 19.1 Å². The second-order valence-electron chi connectivity index (χ2n) is 5.34. The molecule has 2 aromatic rings. The Bertz CT molecular complexity index is 590. The van der Waals surface area contributed by atoms with Crippen molar-refractivity contribution in [1.82, 2.24) is 0 Å². The van der Waals surface area contributed by atoms with E-state index in [1.165, 1.54) is 0 Å². The fourth-order valence-corrected chi connectivity index (χ4v) is 2.27. The number of hydrogen-bond donors (Lipinski definition) is 1. The topological polar surface area (TPSA) is 47.9 Å². The smallest absolute Gasteiger partial charge is 0.119 e. The summed E-state index contributed by atoms with van der Waals surface area (Å²) in [7, 11) is 0. The van der Waals surface area contributed by atoms with Crippen LogP contribution in [-0.4, -0.2) is 38.1 Å². The molecule has 0 spiro atoms. The zero-order valence-corrected chi connectivity index (χ0v) is 12.4. The van der Waals surface area contributed by atoms with Gasteiger partial charge in [0.15, 0.2) is 0 Å². The highest BCUT2D eigenvalue weighted by atomic mass is 16.5. The lowest BCUT2D eigenvalue weighted by atomic mass is 10.1. The van der Waals surface area contributed by atoms with E-state index in [1.54, 1.807) is 0 Å². The maximum atomic E-state index is 8.76. The van der Waals surface area contributed by atoms with Gasteiger partial charge in [0.05, 0.1) is 26.4 Å². The van der Waals surface area contributed by atoms with Gasteiger partial charge in [-0.2, -0.15) is 0 Å². The van der Waals surface area contributed by atoms with Crippen molar-refractivity contribution in [3.63, 3.8) is 0 Å². The summed E-state index contributed by atoms with van der Waals surface area (Å²) in [6.45, 7) is 2.64. The first-order chi connectivity index (χ1) is 10.8. The summed E-state index contributed by atoms with van der Waals surface area (Å²) < 4.78 is 16.3. The molecule has 0 atom stereocenters. The molecule has 1 fully saturated rings. The minimum atomic E-state index is 0.0210. The Balaban J connectivity index is 1.65. The first-order valence-electron chi connectivity index (χ1n) is 7.50. The summed E-state index contributed by atoms with van der Waals surface area (Å²) in [6.07, 6.45) is 0. The normalized spacial score (nSPS) is 14.4. The Morgan fingerprint density at radius 2 is 1.77 bits per heavy atom. The van der Waals surface area contributed by atoms with Gasteiger partial charge in [0.25, 0.3) is 0 Å². The number of rotatable bonds is 7. The molecule has 0 bridgehead atoms. The third-order valence-corrected chi connectivity index (χ3v) is 3.57. The number of ether oxygens (including phenoxy) is 3. The molecule has 0 aromatic heterocycles. The minimum absolute atomic E-state index is 0.0210. The molecule has 22 heavy (non-hydrogen) atoms. The molecule has 4 heteroatoms. The average Bonchev–Trinajstić information content (AvgIpc) is 2.52. The molecule has 1 aliphatic rings. The van der Waals surface area contributed by atoms with Crippen LogP contribution in [0.2, 0.25) is 0 Å². The van der Waals surface area contributed by atoms with Crippen LogP contribution < -0.4 is 9.47 Å². The van der Waals surface area contributed by atoms with Crippen molar-refractivity contribution in [1.29, 1.82) is 0 Å². The Hall–Kier alpha value is -2.04. The van der Waals surface area contributed by atoms with E-state index >= 15 is 0 Å². The second kappa shape index (κ2) is 7.29. The van der Waals surface area contributed by atoms with Gasteiger partial charge in [-0.25, -0.2) is 0 Å². The van der Waals surface area contributed by atoms with Crippen molar-refractivity contribution in [3.8, 4) is 22.6 Å². The van der Waals surface area contributed by atoms with Crippen molar-refractivity contribution in [2.45, 2.75) is 0 Å². The SMILES string of the molecule is OCCOc1ccc(-c2cccc(OCC3COC3)c2)cc1. The van der Waals surface area contributed by atoms with Crippen molar-refractivity contribution < 1.29 is 19.3 Å². The van der Waals surface area contributed by atoms with Crippen molar-refractivity contribution in [2.24, 2.45) is 5.92 Å². The average molecular weight is 300 g/mol. The quantitative estimate of drug-likeness (QED) is 0.854. The van der Waals surface area contributed by atoms with Crippen molar-refractivity contribution in [2.75, 3.05) is 33.0 Å². The highest BCUT2D eigenvalue weighted by Gasteiger charge is 2.18. The minimum Gasteiger partial charge on any atom is -0.493 e. The van der Waals surface area contributed by atoms with Crippen molar-refractivity contribution >= 4 is 0 Å². The summed E-state index contributed by atoms with van der Waals surface area (Å²) in [6, 6.07) is 15.9. The van der Waals surface area contributed by atoms with Gasteiger partial charge in [0.1, 0.15) is 18.1 Å². The first-order valence-corrected chi connectivity index (χ1v) is 7.50. The third-order valence-electron chi connectivity index (χ3n) is 3.57. The Morgan fingerprint density at radius 3 is 2.45 bits per heavy atom. The van der Waals surface area contributed by atoms with Gasteiger partial charge in [-0.15, -0.1) is 0 Å². The maximum absolute atomic E-state index is 8.76. The zero-order valence-electron chi connectivity index (χ0n) is 12.4. The summed E-state index contributed by atoms with van der Waals surface area (Å²) in [5, 5.41) is 8.76. The third kappa shape index (κ3) is 3.78. The first kappa shape index (κ1) is 14.9.